The van der Waals surface area contributed by atoms with Crippen LogP contribution in [0, 0.1) is 6.92 Å². The Morgan fingerprint density at radius 1 is 1.07 bits per heavy atom. The van der Waals surface area contributed by atoms with Gasteiger partial charge in [-0.3, -0.25) is 0 Å². The van der Waals surface area contributed by atoms with Crippen LogP contribution in [-0.4, -0.2) is 11.2 Å². The molecule has 0 aromatic heterocycles. The molecule has 2 aromatic carbocycles. The Morgan fingerprint density at radius 3 is 2.57 bits per heavy atom. The van der Waals surface area contributed by atoms with Gasteiger partial charge in [0.1, 0.15) is 0 Å². The first-order valence-electron chi connectivity index (χ1n) is 4.75. The average molecular weight is 185 g/mol. The first-order valence-corrected chi connectivity index (χ1v) is 4.75. The van der Waals surface area contributed by atoms with Crippen molar-refractivity contribution in [2.24, 2.45) is 0 Å². The van der Waals surface area contributed by atoms with Crippen molar-refractivity contribution in [2.45, 2.75) is 12.5 Å². The zero-order chi connectivity index (χ0) is 9.97. The molecule has 1 heteroatoms. The van der Waals surface area contributed by atoms with Crippen molar-refractivity contribution < 1.29 is 5.11 Å². The van der Waals surface area contributed by atoms with Gasteiger partial charge in [0.25, 0.3) is 0 Å². The van der Waals surface area contributed by atoms with Crippen molar-refractivity contribution in [1.82, 2.24) is 0 Å². The fourth-order valence-electron chi connectivity index (χ4n) is 1.72. The summed E-state index contributed by atoms with van der Waals surface area (Å²) < 4.78 is 0. The summed E-state index contributed by atoms with van der Waals surface area (Å²) in [5.41, 5.74) is 1.16. The van der Waals surface area contributed by atoms with Crippen LogP contribution in [-0.2, 0) is 6.42 Å². The van der Waals surface area contributed by atoms with E-state index in [4.69, 9.17) is 0 Å². The van der Waals surface area contributed by atoms with Gasteiger partial charge in [-0.15, -0.1) is 0 Å². The van der Waals surface area contributed by atoms with Crippen LogP contribution in [0.5, 0.6) is 0 Å². The molecule has 0 spiro atoms. The standard InChI is InChI=1S/C13H13O/c1-10(14)9-12-7-4-6-11-5-2-3-8-13(11)12/h2-8,10,14H,1,9H2. The summed E-state index contributed by atoms with van der Waals surface area (Å²) in [5.74, 6) is 0. The largest absolute Gasteiger partial charge is 0.393 e. The third kappa shape index (κ3) is 1.78. The fourth-order valence-corrected chi connectivity index (χ4v) is 1.72. The molecule has 1 radical (unpaired) electrons. The third-order valence-corrected chi connectivity index (χ3v) is 2.34. The SMILES string of the molecule is [CH2]C(O)Cc1cccc2ccccc12. The van der Waals surface area contributed by atoms with E-state index in [2.05, 4.69) is 25.1 Å². The zero-order valence-electron chi connectivity index (χ0n) is 7.98. The molecule has 0 saturated carbocycles. The second-order valence-electron chi connectivity index (χ2n) is 3.50. The molecule has 0 aliphatic heterocycles. The Kier molecular flexibility index (Phi) is 2.51. The molecule has 0 aliphatic rings. The van der Waals surface area contributed by atoms with Crippen LogP contribution >= 0.6 is 0 Å². The van der Waals surface area contributed by atoms with E-state index in [0.29, 0.717) is 6.42 Å². The van der Waals surface area contributed by atoms with Gasteiger partial charge in [0.2, 0.25) is 0 Å². The zero-order valence-corrected chi connectivity index (χ0v) is 7.98. The van der Waals surface area contributed by atoms with E-state index in [1.807, 2.05) is 24.3 Å². The number of benzene rings is 2. The molecular weight excluding hydrogens is 172 g/mol. The highest BCUT2D eigenvalue weighted by atomic mass is 16.3. The topological polar surface area (TPSA) is 20.2 Å². The summed E-state index contributed by atoms with van der Waals surface area (Å²) in [6.07, 6.45) is 0.0854. The molecular formula is C13H13O. The first-order chi connectivity index (χ1) is 6.77. The van der Waals surface area contributed by atoms with Gasteiger partial charge >= 0.3 is 0 Å². The lowest BCUT2D eigenvalue weighted by Gasteiger charge is -2.07. The number of fused-ring (bicyclic) bond motifs is 1. The number of aliphatic hydroxyl groups excluding tert-OH is 1. The van der Waals surface area contributed by atoms with Crippen LogP contribution < -0.4 is 0 Å². The minimum absolute atomic E-state index is 0.527. The van der Waals surface area contributed by atoms with Crippen molar-refractivity contribution in [3.8, 4) is 0 Å². The molecule has 1 N–H and O–H groups in total. The number of aliphatic hydroxyl groups is 1. The molecule has 71 valence electrons. The van der Waals surface area contributed by atoms with Gasteiger partial charge in [-0.05, 0) is 29.7 Å². The monoisotopic (exact) mass is 185 g/mol. The molecule has 0 aliphatic carbocycles. The van der Waals surface area contributed by atoms with E-state index in [9.17, 15) is 5.11 Å². The third-order valence-electron chi connectivity index (χ3n) is 2.34. The Hall–Kier alpha value is -1.34. The molecule has 0 saturated heterocycles. The summed E-state index contributed by atoms with van der Waals surface area (Å²) in [6.45, 7) is 3.60. The molecule has 2 rings (SSSR count). The van der Waals surface area contributed by atoms with E-state index < -0.39 is 6.10 Å². The fraction of sp³-hybridized carbons (Fsp3) is 0.154. The summed E-state index contributed by atoms with van der Waals surface area (Å²) in [5, 5.41) is 11.7. The van der Waals surface area contributed by atoms with Gasteiger partial charge in [0.15, 0.2) is 0 Å². The Bertz CT molecular complexity index is 427. The molecule has 14 heavy (non-hydrogen) atoms. The lowest BCUT2D eigenvalue weighted by Crippen LogP contribution is -2.04. The number of rotatable bonds is 2. The van der Waals surface area contributed by atoms with Crippen LogP contribution in [0.3, 0.4) is 0 Å². The first kappa shape index (κ1) is 9.22. The maximum absolute atomic E-state index is 9.25. The lowest BCUT2D eigenvalue weighted by atomic mass is 10.0. The van der Waals surface area contributed by atoms with Gasteiger partial charge in [-0.2, -0.15) is 0 Å². The predicted molar refractivity (Wildman–Crippen MR) is 59.0 cm³/mol. The molecule has 1 nitrogen and oxygen atoms in total. The van der Waals surface area contributed by atoms with Gasteiger partial charge in [-0.1, -0.05) is 42.5 Å². The second-order valence-corrected chi connectivity index (χ2v) is 3.50. The molecule has 0 fully saturated rings. The van der Waals surface area contributed by atoms with Crippen molar-refractivity contribution >= 4 is 10.8 Å². The quantitative estimate of drug-likeness (QED) is 0.762. The van der Waals surface area contributed by atoms with Crippen molar-refractivity contribution in [1.29, 1.82) is 0 Å². The maximum Gasteiger partial charge on any atom is 0.0581 e. The summed E-state index contributed by atoms with van der Waals surface area (Å²) in [7, 11) is 0. The highest BCUT2D eigenvalue weighted by Gasteiger charge is 2.02. The van der Waals surface area contributed by atoms with E-state index in [1.54, 1.807) is 0 Å². The summed E-state index contributed by atoms with van der Waals surface area (Å²) >= 11 is 0. The number of hydrogen-bond donors (Lipinski definition) is 1. The molecule has 0 amide bonds. The Morgan fingerprint density at radius 2 is 1.79 bits per heavy atom. The highest BCUT2D eigenvalue weighted by molar-refractivity contribution is 5.85. The van der Waals surface area contributed by atoms with Gasteiger partial charge < -0.3 is 5.11 Å². The maximum atomic E-state index is 9.25. The van der Waals surface area contributed by atoms with Gasteiger partial charge in [0, 0.05) is 0 Å². The normalized spacial score (nSPS) is 13.0. The predicted octanol–water partition coefficient (Wildman–Crippen LogP) is 2.58. The average Bonchev–Trinajstić information content (AvgIpc) is 2.18. The smallest absolute Gasteiger partial charge is 0.0581 e. The lowest BCUT2D eigenvalue weighted by molar-refractivity contribution is 0.222. The van der Waals surface area contributed by atoms with Crippen LogP contribution in [0.2, 0.25) is 0 Å². The van der Waals surface area contributed by atoms with Crippen molar-refractivity contribution in [3.05, 3.63) is 55.0 Å². The second kappa shape index (κ2) is 3.81. The molecule has 2 aromatic rings. The Balaban J connectivity index is 2.53. The van der Waals surface area contributed by atoms with Crippen LogP contribution in [0.4, 0.5) is 0 Å². The molecule has 0 heterocycles. The van der Waals surface area contributed by atoms with Gasteiger partial charge in [0.05, 0.1) is 6.10 Å². The van der Waals surface area contributed by atoms with Crippen LogP contribution in [0.15, 0.2) is 42.5 Å². The highest BCUT2D eigenvalue weighted by Crippen LogP contribution is 2.19. The molecule has 1 atom stereocenters. The van der Waals surface area contributed by atoms with Crippen LogP contribution in [0.25, 0.3) is 10.8 Å². The van der Waals surface area contributed by atoms with E-state index in [-0.39, 0.29) is 0 Å². The van der Waals surface area contributed by atoms with E-state index >= 15 is 0 Å². The minimum Gasteiger partial charge on any atom is -0.393 e. The van der Waals surface area contributed by atoms with E-state index in [1.165, 1.54) is 10.8 Å². The van der Waals surface area contributed by atoms with Gasteiger partial charge in [-0.25, -0.2) is 0 Å². The summed E-state index contributed by atoms with van der Waals surface area (Å²) in [4.78, 5) is 0. The summed E-state index contributed by atoms with van der Waals surface area (Å²) in [6, 6.07) is 14.3. The number of hydrogen-bond acceptors (Lipinski definition) is 1. The van der Waals surface area contributed by atoms with Crippen molar-refractivity contribution in [3.63, 3.8) is 0 Å². The van der Waals surface area contributed by atoms with Crippen molar-refractivity contribution in [2.75, 3.05) is 0 Å². The Labute approximate surface area is 84.0 Å². The molecule has 1 unspecified atom stereocenters. The van der Waals surface area contributed by atoms with E-state index in [0.717, 1.165) is 5.56 Å². The minimum atomic E-state index is -0.527. The molecule has 0 bridgehead atoms. The van der Waals surface area contributed by atoms with Crippen LogP contribution in [0.1, 0.15) is 5.56 Å².